The molecule has 3 aliphatic carbocycles. The monoisotopic (exact) mass is 913 g/mol. The molecule has 5 heteroatoms. The molecule has 1 unspecified atom stereocenters. The third-order valence-corrected chi connectivity index (χ3v) is 13.6. The van der Waals surface area contributed by atoms with Crippen molar-refractivity contribution < 1.29 is 27.3 Å². The van der Waals surface area contributed by atoms with E-state index in [4.69, 9.17) is 7.16 Å². The van der Waals surface area contributed by atoms with Crippen molar-refractivity contribution >= 4 is 46.0 Å². The van der Waals surface area contributed by atoms with E-state index in [1.807, 2.05) is 54.7 Å². The predicted molar refractivity (Wildman–Crippen MR) is 227 cm³/mol. The molecule has 2 bridgehead atoms. The minimum Gasteiger partial charge on any atom is -0.501 e. The molecule has 3 saturated carbocycles. The molecule has 0 N–H and O–H groups in total. The van der Waals surface area contributed by atoms with Gasteiger partial charge < -0.3 is 14.4 Å². The summed E-state index contributed by atoms with van der Waals surface area (Å²) in [5.74, 6) is 1.27. The molecule has 8 aromatic rings. The maximum Gasteiger partial charge on any atom is 0.121 e. The Morgan fingerprint density at radius 1 is 0.745 bits per heavy atom. The summed E-state index contributed by atoms with van der Waals surface area (Å²) >= 11 is 0. The number of furan rings is 1. The topological polar surface area (TPSA) is 38.9 Å². The molecule has 0 saturated heterocycles. The van der Waals surface area contributed by atoms with Crippen LogP contribution in [0.5, 0.6) is 0 Å². The summed E-state index contributed by atoms with van der Waals surface area (Å²) in [5, 5.41) is 5.93. The fraction of sp³-hybridized carbons (Fsp3) is 0.240. The molecule has 3 aromatic heterocycles. The van der Waals surface area contributed by atoms with Crippen molar-refractivity contribution in [3.8, 4) is 33.6 Å². The summed E-state index contributed by atoms with van der Waals surface area (Å²) in [5.41, 5.74) is 8.12. The van der Waals surface area contributed by atoms with Crippen LogP contribution in [0.3, 0.4) is 0 Å². The van der Waals surface area contributed by atoms with Gasteiger partial charge in [-0.3, -0.25) is 0 Å². The average molecular weight is 913 g/mol. The molecule has 277 valence electrons. The van der Waals surface area contributed by atoms with Crippen LogP contribution in [0, 0.1) is 29.9 Å². The smallest absolute Gasteiger partial charge is 0.121 e. The normalized spacial score (nSPS) is 18.6. The molecular weight excluding hydrogens is 865 g/mol. The maximum atomic E-state index is 9.14. The van der Waals surface area contributed by atoms with E-state index < -0.39 is 14.4 Å². The fourth-order valence-corrected chi connectivity index (χ4v) is 9.47. The molecule has 3 aliphatic rings. The van der Waals surface area contributed by atoms with Crippen LogP contribution in [0.2, 0.25) is 19.6 Å². The molecular formula is C50H46IrN2OSi-2. The van der Waals surface area contributed by atoms with Gasteiger partial charge in [0.1, 0.15) is 5.58 Å². The van der Waals surface area contributed by atoms with Crippen LogP contribution in [-0.4, -0.2) is 18.0 Å². The van der Waals surface area contributed by atoms with Crippen molar-refractivity contribution in [1.82, 2.24) is 9.97 Å². The number of hydrogen-bond acceptors (Lipinski definition) is 3. The summed E-state index contributed by atoms with van der Waals surface area (Å²) in [7, 11) is -1.27. The third-order valence-electron chi connectivity index (χ3n) is 11.5. The van der Waals surface area contributed by atoms with Crippen LogP contribution in [0.15, 0.2) is 138 Å². The van der Waals surface area contributed by atoms with Crippen LogP contribution in [0.4, 0.5) is 0 Å². The standard InChI is InChI=1S/C32H28NO.C18H18NSi.Ir/c1-2-5-23(6-3-1)25-13-14-27-28-7-4-8-29(32(28)34-31(27)20-25)30-19-22(15-16-33-30)18-26-17-21-9-11-24(26)12-10-21;1-20(2,3)17-10-11-18(19-13-17)16-9-8-14-6-4-5-7-15(14)12-16;/h1-7,13-16,19-21,24,26H,9-12,17-18H2;4-8,10-13H,1-3H3;/q2*-1;/i18D2;;. The predicted octanol–water partition coefficient (Wildman–Crippen LogP) is 12.7. The van der Waals surface area contributed by atoms with E-state index in [2.05, 4.69) is 115 Å². The number of pyridine rings is 2. The van der Waals surface area contributed by atoms with E-state index in [0.29, 0.717) is 17.5 Å². The maximum absolute atomic E-state index is 9.14. The fourth-order valence-electron chi connectivity index (χ4n) is 8.44. The molecule has 1 atom stereocenters. The summed E-state index contributed by atoms with van der Waals surface area (Å²) in [6.07, 6.45) is 8.30. The number of rotatable bonds is 6. The van der Waals surface area contributed by atoms with E-state index in [9.17, 15) is 0 Å². The molecule has 3 heterocycles. The van der Waals surface area contributed by atoms with Gasteiger partial charge in [-0.2, -0.15) is 0 Å². The van der Waals surface area contributed by atoms with Gasteiger partial charge in [-0.25, -0.2) is 0 Å². The van der Waals surface area contributed by atoms with Gasteiger partial charge >= 0.3 is 0 Å². The van der Waals surface area contributed by atoms with Crippen molar-refractivity contribution in [1.29, 1.82) is 0 Å². The zero-order valence-corrected chi connectivity index (χ0v) is 35.0. The first-order chi connectivity index (χ1) is 27.1. The van der Waals surface area contributed by atoms with Gasteiger partial charge in [0.15, 0.2) is 0 Å². The van der Waals surface area contributed by atoms with Gasteiger partial charge in [-0.15, -0.1) is 47.3 Å². The molecule has 55 heavy (non-hydrogen) atoms. The van der Waals surface area contributed by atoms with Gasteiger partial charge in [0.05, 0.1) is 13.7 Å². The van der Waals surface area contributed by atoms with Gasteiger partial charge in [0.25, 0.3) is 0 Å². The van der Waals surface area contributed by atoms with Crippen LogP contribution >= 0.6 is 0 Å². The molecule has 3 nitrogen and oxygen atoms in total. The third kappa shape index (κ3) is 7.89. The number of nitrogens with zero attached hydrogens (tertiary/aromatic N) is 2. The first-order valence-corrected chi connectivity index (χ1v) is 22.9. The zero-order chi connectivity index (χ0) is 38.4. The molecule has 11 rings (SSSR count). The SMILES string of the molecule is C[Si](C)(C)c1ccc(-c2[c-]cc3ccccc3c2)nc1.[2H]C([2H])(c1ccnc(-c2[c-]ccc3c2oc2cc(-c4ccccc4)ccc23)c1)C1CC2CCC1CC2.[Ir]. The molecule has 0 spiro atoms. The molecule has 5 aromatic carbocycles. The molecule has 0 amide bonds. The van der Waals surface area contributed by atoms with Gasteiger partial charge in [0, 0.05) is 40.6 Å². The Morgan fingerprint density at radius 3 is 2.29 bits per heavy atom. The minimum absolute atomic E-state index is 0. The Morgan fingerprint density at radius 2 is 1.55 bits per heavy atom. The van der Waals surface area contributed by atoms with E-state index in [0.717, 1.165) is 61.9 Å². The largest absolute Gasteiger partial charge is 0.501 e. The first kappa shape index (κ1) is 34.8. The van der Waals surface area contributed by atoms with Crippen molar-refractivity contribution in [2.45, 2.75) is 58.1 Å². The summed E-state index contributed by atoms with van der Waals surface area (Å²) in [6.45, 7) is 7.02. The van der Waals surface area contributed by atoms with E-state index in [1.54, 1.807) is 6.20 Å². The zero-order valence-electron chi connectivity index (χ0n) is 33.6. The van der Waals surface area contributed by atoms with E-state index in [-0.39, 0.29) is 26.0 Å². The summed E-state index contributed by atoms with van der Waals surface area (Å²) < 4.78 is 24.7. The van der Waals surface area contributed by atoms with Crippen molar-refractivity contribution in [3.05, 3.63) is 151 Å². The Hall–Kier alpha value is -4.67. The Labute approximate surface area is 342 Å². The Kier molecular flexibility index (Phi) is 10.0. The number of aromatic nitrogens is 2. The van der Waals surface area contributed by atoms with Gasteiger partial charge in [-0.05, 0) is 83.2 Å². The van der Waals surface area contributed by atoms with Crippen molar-refractivity contribution in [3.63, 3.8) is 0 Å². The second kappa shape index (κ2) is 15.8. The van der Waals surface area contributed by atoms with Crippen LogP contribution in [0.1, 0.15) is 40.4 Å². The van der Waals surface area contributed by atoms with Crippen LogP contribution in [-0.2, 0) is 26.5 Å². The second-order valence-electron chi connectivity index (χ2n) is 16.1. The van der Waals surface area contributed by atoms with Crippen LogP contribution in [0.25, 0.3) is 66.4 Å². The molecule has 3 fully saturated rings. The van der Waals surface area contributed by atoms with Crippen LogP contribution < -0.4 is 5.19 Å². The summed E-state index contributed by atoms with van der Waals surface area (Å²) in [4.78, 5) is 9.27. The Balaban J connectivity index is 0.000000185. The van der Waals surface area contributed by atoms with Crippen molar-refractivity contribution in [2.24, 2.45) is 17.8 Å². The molecule has 1 radical (unpaired) electrons. The van der Waals surface area contributed by atoms with Gasteiger partial charge in [0.2, 0.25) is 0 Å². The quantitative estimate of drug-likeness (QED) is 0.123. The Bertz CT molecular complexity index is 2660. The van der Waals surface area contributed by atoms with Gasteiger partial charge in [-0.1, -0.05) is 139 Å². The van der Waals surface area contributed by atoms with E-state index in [1.165, 1.54) is 41.6 Å². The second-order valence-corrected chi connectivity index (χ2v) is 21.2. The average Bonchev–Trinajstić information content (AvgIpc) is 3.62. The van der Waals surface area contributed by atoms with Crippen molar-refractivity contribution in [2.75, 3.05) is 0 Å². The molecule has 0 aliphatic heterocycles. The number of hydrogen-bond donors (Lipinski definition) is 0. The summed E-state index contributed by atoms with van der Waals surface area (Å²) in [6, 6.07) is 48.0. The number of benzene rings is 5. The minimum atomic E-state index is -1.37. The first-order valence-electron chi connectivity index (χ1n) is 20.4. The van der Waals surface area contributed by atoms with E-state index >= 15 is 0 Å². The number of fused-ring (bicyclic) bond motifs is 7.